The maximum atomic E-state index is 6.34. The number of fused-ring (bicyclic) bond motifs is 1. The van der Waals surface area contributed by atoms with Crippen molar-refractivity contribution in [1.29, 1.82) is 0 Å². The zero-order valence-electron chi connectivity index (χ0n) is 12.8. The summed E-state index contributed by atoms with van der Waals surface area (Å²) in [6.45, 7) is 4.56. The predicted octanol–water partition coefficient (Wildman–Crippen LogP) is 4.76. The Hall–Kier alpha value is -1.06. The molecule has 0 amide bonds. The highest BCUT2D eigenvalue weighted by Gasteiger charge is 2.51. The molecular formula is C18H22BrNO. The zero-order chi connectivity index (χ0) is 15.0. The number of ether oxygens (including phenoxy) is 1. The molecular weight excluding hydrogens is 326 g/mol. The molecule has 2 nitrogen and oxygen atoms in total. The number of benzene rings is 2. The van der Waals surface area contributed by atoms with Gasteiger partial charge in [-0.15, -0.1) is 0 Å². The minimum Gasteiger partial charge on any atom is -0.489 e. The van der Waals surface area contributed by atoms with E-state index in [0.717, 1.165) is 23.1 Å². The van der Waals surface area contributed by atoms with Gasteiger partial charge in [-0.3, -0.25) is 0 Å². The van der Waals surface area contributed by atoms with Crippen LogP contribution >= 0.6 is 15.9 Å². The Morgan fingerprint density at radius 2 is 2.05 bits per heavy atom. The molecule has 0 radical (unpaired) electrons. The summed E-state index contributed by atoms with van der Waals surface area (Å²) in [5.41, 5.74) is 0.208. The summed E-state index contributed by atoms with van der Waals surface area (Å²) < 4.78 is 7.40. The molecule has 0 saturated heterocycles. The van der Waals surface area contributed by atoms with Crippen LogP contribution in [0.25, 0.3) is 10.8 Å². The lowest BCUT2D eigenvalue weighted by molar-refractivity contribution is -0.0680. The van der Waals surface area contributed by atoms with Gasteiger partial charge in [0.25, 0.3) is 0 Å². The van der Waals surface area contributed by atoms with Crippen molar-refractivity contribution in [2.24, 2.45) is 5.41 Å². The molecule has 1 aliphatic carbocycles. The molecule has 1 saturated carbocycles. The van der Waals surface area contributed by atoms with Crippen LogP contribution in [0.2, 0.25) is 0 Å². The third kappa shape index (κ3) is 2.36. The highest BCUT2D eigenvalue weighted by molar-refractivity contribution is 9.10. The van der Waals surface area contributed by atoms with Gasteiger partial charge in [0.2, 0.25) is 0 Å². The summed E-state index contributed by atoms with van der Waals surface area (Å²) in [7, 11) is 2.04. The van der Waals surface area contributed by atoms with Gasteiger partial charge < -0.3 is 10.1 Å². The highest BCUT2D eigenvalue weighted by Crippen LogP contribution is 2.47. The van der Waals surface area contributed by atoms with E-state index < -0.39 is 0 Å². The number of hydrogen-bond acceptors (Lipinski definition) is 2. The van der Waals surface area contributed by atoms with E-state index >= 15 is 0 Å². The van der Waals surface area contributed by atoms with Gasteiger partial charge in [0.05, 0.1) is 4.47 Å². The fraction of sp³-hybridized carbons (Fsp3) is 0.444. The molecule has 3 atom stereocenters. The van der Waals surface area contributed by atoms with Gasteiger partial charge in [-0.05, 0) is 46.2 Å². The SMILES string of the molecule is CCC1(C)C(NC)CC1Oc1ccc2ccccc2c1Br. The smallest absolute Gasteiger partial charge is 0.134 e. The van der Waals surface area contributed by atoms with E-state index in [4.69, 9.17) is 4.74 Å². The van der Waals surface area contributed by atoms with Gasteiger partial charge in [-0.1, -0.05) is 44.2 Å². The summed E-state index contributed by atoms with van der Waals surface area (Å²) in [4.78, 5) is 0. The molecule has 0 bridgehead atoms. The minimum atomic E-state index is 0.208. The molecule has 3 rings (SSSR count). The van der Waals surface area contributed by atoms with Crippen LogP contribution in [0.1, 0.15) is 26.7 Å². The maximum Gasteiger partial charge on any atom is 0.134 e. The van der Waals surface area contributed by atoms with Crippen LogP contribution in [-0.4, -0.2) is 19.2 Å². The molecule has 0 spiro atoms. The van der Waals surface area contributed by atoms with Crippen molar-refractivity contribution in [3.05, 3.63) is 40.9 Å². The fourth-order valence-corrected chi connectivity index (χ4v) is 3.97. The van der Waals surface area contributed by atoms with Gasteiger partial charge in [0.1, 0.15) is 11.9 Å². The van der Waals surface area contributed by atoms with Crippen molar-refractivity contribution in [1.82, 2.24) is 5.32 Å². The van der Waals surface area contributed by atoms with Crippen LogP contribution in [0.15, 0.2) is 40.9 Å². The Labute approximate surface area is 135 Å². The lowest BCUT2D eigenvalue weighted by atomic mass is 9.61. The van der Waals surface area contributed by atoms with Crippen molar-refractivity contribution < 1.29 is 4.74 Å². The molecule has 3 heteroatoms. The van der Waals surface area contributed by atoms with Crippen LogP contribution in [0.3, 0.4) is 0 Å². The van der Waals surface area contributed by atoms with Crippen molar-refractivity contribution in [3.63, 3.8) is 0 Å². The molecule has 0 aromatic heterocycles. The molecule has 0 aliphatic heterocycles. The van der Waals surface area contributed by atoms with E-state index in [0.29, 0.717) is 6.04 Å². The average molecular weight is 348 g/mol. The Morgan fingerprint density at radius 1 is 1.29 bits per heavy atom. The fourth-order valence-electron chi connectivity index (χ4n) is 3.38. The van der Waals surface area contributed by atoms with Crippen molar-refractivity contribution in [3.8, 4) is 5.75 Å². The largest absolute Gasteiger partial charge is 0.489 e. The van der Waals surface area contributed by atoms with E-state index in [1.807, 2.05) is 7.05 Å². The predicted molar refractivity (Wildman–Crippen MR) is 91.9 cm³/mol. The quantitative estimate of drug-likeness (QED) is 0.860. The summed E-state index contributed by atoms with van der Waals surface area (Å²) >= 11 is 3.71. The molecule has 0 heterocycles. The molecule has 112 valence electrons. The van der Waals surface area contributed by atoms with Crippen LogP contribution in [0.4, 0.5) is 0 Å². The Morgan fingerprint density at radius 3 is 2.76 bits per heavy atom. The second-order valence-corrected chi connectivity index (χ2v) is 6.93. The lowest BCUT2D eigenvalue weighted by Gasteiger charge is -2.53. The molecule has 2 aromatic carbocycles. The van der Waals surface area contributed by atoms with Crippen molar-refractivity contribution >= 4 is 26.7 Å². The molecule has 2 aromatic rings. The van der Waals surface area contributed by atoms with E-state index in [2.05, 4.69) is 71.5 Å². The van der Waals surface area contributed by atoms with Crippen LogP contribution in [-0.2, 0) is 0 Å². The number of rotatable bonds is 4. The monoisotopic (exact) mass is 347 g/mol. The number of halogens is 1. The normalized spacial score (nSPS) is 28.4. The maximum absolute atomic E-state index is 6.34. The number of nitrogens with one attached hydrogen (secondary N) is 1. The standard InChI is InChI=1S/C18H22BrNO/c1-4-18(2)15(20-3)11-16(18)21-14-10-9-12-7-5-6-8-13(12)17(14)19/h5-10,15-16,20H,4,11H2,1-3H3. The Balaban J connectivity index is 1.88. The van der Waals surface area contributed by atoms with Gasteiger partial charge in [0.15, 0.2) is 0 Å². The summed E-state index contributed by atoms with van der Waals surface area (Å²) in [6.07, 6.45) is 2.46. The molecule has 1 fully saturated rings. The van der Waals surface area contributed by atoms with Crippen molar-refractivity contribution in [2.75, 3.05) is 7.05 Å². The first-order chi connectivity index (χ1) is 10.1. The topological polar surface area (TPSA) is 21.3 Å². The third-order valence-corrected chi connectivity index (χ3v) is 6.01. The van der Waals surface area contributed by atoms with E-state index in [-0.39, 0.29) is 11.5 Å². The van der Waals surface area contributed by atoms with Gasteiger partial charge in [-0.2, -0.15) is 0 Å². The van der Waals surface area contributed by atoms with Crippen molar-refractivity contribution in [2.45, 2.75) is 38.8 Å². The Bertz CT molecular complexity index is 657. The summed E-state index contributed by atoms with van der Waals surface area (Å²) in [5.74, 6) is 0.952. The van der Waals surface area contributed by atoms with E-state index in [1.165, 1.54) is 10.8 Å². The first kappa shape index (κ1) is 14.9. The second-order valence-electron chi connectivity index (χ2n) is 6.14. The second kappa shape index (κ2) is 5.62. The summed E-state index contributed by atoms with van der Waals surface area (Å²) in [5, 5.41) is 5.85. The number of hydrogen-bond donors (Lipinski definition) is 1. The van der Waals surface area contributed by atoms with Gasteiger partial charge in [0, 0.05) is 17.9 Å². The zero-order valence-corrected chi connectivity index (χ0v) is 14.4. The van der Waals surface area contributed by atoms with Crippen LogP contribution in [0.5, 0.6) is 5.75 Å². The minimum absolute atomic E-state index is 0.208. The highest BCUT2D eigenvalue weighted by atomic mass is 79.9. The van der Waals surface area contributed by atoms with Crippen LogP contribution < -0.4 is 10.1 Å². The first-order valence-electron chi connectivity index (χ1n) is 7.61. The van der Waals surface area contributed by atoms with Gasteiger partial charge >= 0.3 is 0 Å². The van der Waals surface area contributed by atoms with Gasteiger partial charge in [-0.25, -0.2) is 0 Å². The first-order valence-corrected chi connectivity index (χ1v) is 8.40. The molecule has 1 N–H and O–H groups in total. The third-order valence-electron chi connectivity index (χ3n) is 5.19. The molecule has 3 unspecified atom stereocenters. The van der Waals surface area contributed by atoms with E-state index in [9.17, 15) is 0 Å². The average Bonchev–Trinajstić information content (AvgIpc) is 2.52. The molecule has 1 aliphatic rings. The van der Waals surface area contributed by atoms with E-state index in [1.54, 1.807) is 0 Å². The Kier molecular flexibility index (Phi) is 3.98. The summed E-state index contributed by atoms with van der Waals surface area (Å²) in [6, 6.07) is 13.1. The van der Waals surface area contributed by atoms with Crippen LogP contribution in [0, 0.1) is 5.41 Å². The molecule has 21 heavy (non-hydrogen) atoms. The lowest BCUT2D eigenvalue weighted by Crippen LogP contribution is -2.62.